The normalized spacial score (nSPS) is 15.7. The monoisotopic (exact) mass is 387 g/mol. The summed E-state index contributed by atoms with van der Waals surface area (Å²) < 4.78 is 16.9. The van der Waals surface area contributed by atoms with Gasteiger partial charge in [0.25, 0.3) is 5.91 Å². The van der Waals surface area contributed by atoms with Crippen LogP contribution in [0.1, 0.15) is 33.5 Å². The fourth-order valence-corrected chi connectivity index (χ4v) is 3.92. The van der Waals surface area contributed by atoms with Crippen LogP contribution in [-0.2, 0) is 6.54 Å². The number of carbonyl (C=O) groups excluding carboxylic acids is 1. The number of hydrogen-bond acceptors (Lipinski definition) is 5. The van der Waals surface area contributed by atoms with E-state index in [1.807, 2.05) is 24.3 Å². The lowest BCUT2D eigenvalue weighted by molar-refractivity contribution is 0.0700. The minimum Gasteiger partial charge on any atom is -0.496 e. The average Bonchev–Trinajstić information content (AvgIpc) is 3.36. The molecule has 0 fully saturated rings. The molecule has 0 aliphatic carbocycles. The van der Waals surface area contributed by atoms with Gasteiger partial charge in [0.15, 0.2) is 5.43 Å². The third-order valence-electron chi connectivity index (χ3n) is 5.21. The largest absolute Gasteiger partial charge is 0.496 e. The van der Waals surface area contributed by atoms with Crippen molar-refractivity contribution in [2.24, 2.45) is 0 Å². The van der Waals surface area contributed by atoms with Crippen LogP contribution >= 0.6 is 0 Å². The van der Waals surface area contributed by atoms with E-state index in [-0.39, 0.29) is 23.6 Å². The predicted octanol–water partition coefficient (Wildman–Crippen LogP) is 4.14. The Morgan fingerprint density at radius 3 is 2.59 bits per heavy atom. The van der Waals surface area contributed by atoms with Crippen LogP contribution in [0.3, 0.4) is 0 Å². The Morgan fingerprint density at radius 2 is 1.79 bits per heavy atom. The van der Waals surface area contributed by atoms with E-state index in [0.717, 1.165) is 5.56 Å². The van der Waals surface area contributed by atoms with Crippen molar-refractivity contribution in [2.45, 2.75) is 12.6 Å². The van der Waals surface area contributed by atoms with Gasteiger partial charge in [-0.05, 0) is 30.3 Å². The first-order valence-corrected chi connectivity index (χ1v) is 9.21. The lowest BCUT2D eigenvalue weighted by Crippen LogP contribution is -2.29. The summed E-state index contributed by atoms with van der Waals surface area (Å²) in [6.45, 7) is 0.203. The summed E-state index contributed by atoms with van der Waals surface area (Å²) in [5.41, 5.74) is 1.22. The zero-order chi connectivity index (χ0) is 20.0. The zero-order valence-electron chi connectivity index (χ0n) is 15.6. The number of nitrogens with zero attached hydrogens (tertiary/aromatic N) is 1. The molecule has 0 unspecified atom stereocenters. The van der Waals surface area contributed by atoms with Crippen molar-refractivity contribution < 1.29 is 18.4 Å². The first-order chi connectivity index (χ1) is 14.2. The van der Waals surface area contributed by atoms with Crippen molar-refractivity contribution in [1.29, 1.82) is 0 Å². The van der Waals surface area contributed by atoms with Gasteiger partial charge in [-0.1, -0.05) is 30.3 Å². The van der Waals surface area contributed by atoms with Gasteiger partial charge in [-0.25, -0.2) is 0 Å². The van der Waals surface area contributed by atoms with E-state index in [9.17, 15) is 9.59 Å². The molecular formula is C23H17NO5. The highest BCUT2D eigenvalue weighted by molar-refractivity contribution is 5.99. The minimum absolute atomic E-state index is 0.0659. The quantitative estimate of drug-likeness (QED) is 0.526. The van der Waals surface area contributed by atoms with Gasteiger partial charge in [0.1, 0.15) is 17.1 Å². The minimum atomic E-state index is -0.639. The molecule has 0 spiro atoms. The number of carbonyl (C=O) groups is 1. The molecule has 5 rings (SSSR count). The number of methoxy groups -OCH3 is 1. The van der Waals surface area contributed by atoms with Gasteiger partial charge in [-0.2, -0.15) is 0 Å². The Balaban J connectivity index is 1.78. The summed E-state index contributed by atoms with van der Waals surface area (Å²) in [5.74, 6) is 0.921. The van der Waals surface area contributed by atoms with Crippen molar-refractivity contribution in [3.05, 3.63) is 99.8 Å². The maximum absolute atomic E-state index is 13.4. The van der Waals surface area contributed by atoms with Crippen LogP contribution in [0.4, 0.5) is 0 Å². The Kier molecular flexibility index (Phi) is 3.98. The standard InChI is InChI=1S/C23H17NO5/c1-27-17-10-4-2-8-15(17)20-19-21(25)16-9-3-5-11-18(16)29-22(19)23(26)24(20)13-14-7-6-12-28-14/h2-12,20H,13H2,1H3/t20-/m0/s1. The fraction of sp³-hybridized carbons (Fsp3) is 0.130. The third kappa shape index (κ3) is 2.64. The third-order valence-corrected chi connectivity index (χ3v) is 5.21. The van der Waals surface area contributed by atoms with Crippen molar-refractivity contribution >= 4 is 16.9 Å². The number of furan rings is 1. The number of amides is 1. The van der Waals surface area contributed by atoms with Gasteiger partial charge in [0.2, 0.25) is 5.76 Å². The maximum atomic E-state index is 13.4. The van der Waals surface area contributed by atoms with E-state index in [0.29, 0.717) is 28.0 Å². The Labute approximate surface area is 165 Å². The molecule has 0 saturated heterocycles. The summed E-state index contributed by atoms with van der Waals surface area (Å²) in [6, 6.07) is 17.2. The number of rotatable bonds is 4. The lowest BCUT2D eigenvalue weighted by atomic mass is 9.97. The van der Waals surface area contributed by atoms with Gasteiger partial charge >= 0.3 is 0 Å². The first kappa shape index (κ1) is 17.3. The van der Waals surface area contributed by atoms with E-state index in [4.69, 9.17) is 13.6 Å². The maximum Gasteiger partial charge on any atom is 0.291 e. The fourth-order valence-electron chi connectivity index (χ4n) is 3.92. The molecule has 0 N–H and O–H groups in total. The number of ether oxygens (including phenoxy) is 1. The van der Waals surface area contributed by atoms with Crippen LogP contribution in [0.2, 0.25) is 0 Å². The molecule has 4 aromatic rings. The molecule has 0 bridgehead atoms. The van der Waals surface area contributed by atoms with Crippen LogP contribution in [-0.4, -0.2) is 17.9 Å². The lowest BCUT2D eigenvalue weighted by Gasteiger charge is -2.25. The van der Waals surface area contributed by atoms with Gasteiger partial charge in [-0.3, -0.25) is 9.59 Å². The highest BCUT2D eigenvalue weighted by Gasteiger charge is 2.44. The zero-order valence-corrected chi connectivity index (χ0v) is 15.6. The van der Waals surface area contributed by atoms with E-state index >= 15 is 0 Å². The first-order valence-electron chi connectivity index (χ1n) is 9.21. The number of para-hydroxylation sites is 2. The number of hydrogen-bond donors (Lipinski definition) is 0. The Morgan fingerprint density at radius 1 is 1.00 bits per heavy atom. The van der Waals surface area contributed by atoms with Crippen LogP contribution in [0, 0.1) is 0 Å². The van der Waals surface area contributed by atoms with Gasteiger partial charge in [0.05, 0.1) is 36.9 Å². The van der Waals surface area contributed by atoms with Gasteiger partial charge in [0, 0.05) is 5.56 Å². The SMILES string of the molecule is COc1ccccc1[C@H]1c2c(oc3ccccc3c2=O)C(=O)N1Cc1ccco1. The van der Waals surface area contributed by atoms with Crippen LogP contribution in [0.25, 0.3) is 11.0 Å². The molecule has 1 atom stereocenters. The molecule has 1 aliphatic rings. The average molecular weight is 387 g/mol. The second-order valence-corrected chi connectivity index (χ2v) is 6.83. The van der Waals surface area contributed by atoms with E-state index in [2.05, 4.69) is 0 Å². The molecule has 29 heavy (non-hydrogen) atoms. The van der Waals surface area contributed by atoms with Gasteiger partial charge < -0.3 is 18.5 Å². The summed E-state index contributed by atoms with van der Waals surface area (Å²) in [5, 5.41) is 0.443. The number of fused-ring (bicyclic) bond motifs is 2. The van der Waals surface area contributed by atoms with Crippen LogP contribution in [0.15, 0.2) is 80.6 Å². The molecule has 2 aromatic carbocycles. The van der Waals surface area contributed by atoms with Crippen LogP contribution in [0.5, 0.6) is 5.75 Å². The van der Waals surface area contributed by atoms with Crippen molar-refractivity contribution in [3.63, 3.8) is 0 Å². The summed E-state index contributed by atoms with van der Waals surface area (Å²) >= 11 is 0. The number of benzene rings is 2. The van der Waals surface area contributed by atoms with Crippen molar-refractivity contribution in [2.75, 3.05) is 7.11 Å². The second kappa shape index (κ2) is 6.67. The van der Waals surface area contributed by atoms with E-state index in [1.54, 1.807) is 54.7 Å². The van der Waals surface area contributed by atoms with Crippen LogP contribution < -0.4 is 10.2 Å². The predicted molar refractivity (Wildman–Crippen MR) is 106 cm³/mol. The summed E-state index contributed by atoms with van der Waals surface area (Å²) in [6.07, 6.45) is 1.55. The molecular weight excluding hydrogens is 370 g/mol. The molecule has 3 heterocycles. The van der Waals surface area contributed by atoms with Crippen molar-refractivity contribution in [3.8, 4) is 5.75 Å². The highest BCUT2D eigenvalue weighted by Crippen LogP contribution is 2.42. The van der Waals surface area contributed by atoms with E-state index < -0.39 is 6.04 Å². The molecule has 2 aromatic heterocycles. The topological polar surface area (TPSA) is 72.9 Å². The molecule has 6 heteroatoms. The van der Waals surface area contributed by atoms with E-state index in [1.165, 1.54) is 0 Å². The second-order valence-electron chi connectivity index (χ2n) is 6.83. The Hall–Kier alpha value is -3.80. The molecule has 0 radical (unpaired) electrons. The molecule has 6 nitrogen and oxygen atoms in total. The Bertz CT molecular complexity index is 1270. The molecule has 0 saturated carbocycles. The smallest absolute Gasteiger partial charge is 0.291 e. The molecule has 1 amide bonds. The molecule has 1 aliphatic heterocycles. The highest BCUT2D eigenvalue weighted by atomic mass is 16.5. The summed E-state index contributed by atoms with van der Waals surface area (Å²) in [4.78, 5) is 28.3. The van der Waals surface area contributed by atoms with Gasteiger partial charge in [-0.15, -0.1) is 0 Å². The molecule has 144 valence electrons. The summed E-state index contributed by atoms with van der Waals surface area (Å²) in [7, 11) is 1.57. The van der Waals surface area contributed by atoms with Crippen molar-refractivity contribution in [1.82, 2.24) is 4.90 Å².